The van der Waals surface area contributed by atoms with Gasteiger partial charge in [0.05, 0.1) is 10.6 Å². The lowest BCUT2D eigenvalue weighted by Gasteiger charge is -2.37. The van der Waals surface area contributed by atoms with E-state index in [9.17, 15) is 12.8 Å². The maximum absolute atomic E-state index is 14.9. The van der Waals surface area contributed by atoms with E-state index in [4.69, 9.17) is 10.3 Å². The van der Waals surface area contributed by atoms with Gasteiger partial charge in [0.25, 0.3) is 0 Å². The Labute approximate surface area is 171 Å². The number of hydrogen-bond donors (Lipinski definition) is 1. The number of aliphatic imine (C=N–C) groups is 1. The first-order chi connectivity index (χ1) is 13.5. The lowest BCUT2D eigenvalue weighted by molar-refractivity contribution is 0.419. The molecule has 0 fully saturated rings. The molecular formula is C19H19FN4O3S2. The van der Waals surface area contributed by atoms with Crippen LogP contribution in [0.2, 0.25) is 0 Å². The summed E-state index contributed by atoms with van der Waals surface area (Å²) in [5, 5.41) is 3.81. The van der Waals surface area contributed by atoms with Gasteiger partial charge in [-0.25, -0.2) is 12.8 Å². The second-order valence-corrected chi connectivity index (χ2v) is 11.3. The summed E-state index contributed by atoms with van der Waals surface area (Å²) in [6.45, 7) is 4.63. The average molecular weight is 435 g/mol. The van der Waals surface area contributed by atoms with Gasteiger partial charge in [-0.15, -0.1) is 11.3 Å². The number of rotatable bonds is 3. The number of benzene rings is 1. The molecule has 0 saturated heterocycles. The third kappa shape index (κ3) is 3.16. The monoisotopic (exact) mass is 434 g/mol. The quantitative estimate of drug-likeness (QED) is 0.676. The maximum atomic E-state index is 14.9. The molecule has 1 aliphatic heterocycles. The van der Waals surface area contributed by atoms with Gasteiger partial charge in [0.15, 0.2) is 9.84 Å². The second kappa shape index (κ2) is 6.46. The van der Waals surface area contributed by atoms with E-state index in [0.29, 0.717) is 10.7 Å². The number of sulfone groups is 1. The van der Waals surface area contributed by atoms with Crippen molar-refractivity contribution >= 4 is 27.0 Å². The van der Waals surface area contributed by atoms with Crippen LogP contribution in [0.5, 0.6) is 0 Å². The summed E-state index contributed by atoms with van der Waals surface area (Å²) >= 11 is 1.16. The SMILES string of the molecule is CC1(c2sc(-c3cccc(-c4ncon4)c3)cc2F)CS(=O)(=O)C(C)(C)C(N)=N1. The molecule has 29 heavy (non-hydrogen) atoms. The van der Waals surface area contributed by atoms with Crippen LogP contribution < -0.4 is 5.73 Å². The molecule has 0 aliphatic carbocycles. The van der Waals surface area contributed by atoms with Crippen molar-refractivity contribution in [1.82, 2.24) is 10.1 Å². The largest absolute Gasteiger partial charge is 0.386 e. The Hall–Kier alpha value is -2.59. The Kier molecular flexibility index (Phi) is 4.39. The first-order valence-electron chi connectivity index (χ1n) is 8.79. The van der Waals surface area contributed by atoms with Crippen LogP contribution in [-0.4, -0.2) is 34.9 Å². The van der Waals surface area contributed by atoms with Gasteiger partial charge in [0.2, 0.25) is 12.2 Å². The molecule has 0 radical (unpaired) electrons. The van der Waals surface area contributed by atoms with Crippen molar-refractivity contribution in [2.75, 3.05) is 5.75 Å². The van der Waals surface area contributed by atoms with Crippen LogP contribution in [0.15, 0.2) is 46.2 Å². The van der Waals surface area contributed by atoms with Gasteiger partial charge < -0.3 is 10.3 Å². The van der Waals surface area contributed by atoms with Crippen molar-refractivity contribution in [1.29, 1.82) is 0 Å². The van der Waals surface area contributed by atoms with Crippen molar-refractivity contribution in [3.63, 3.8) is 0 Å². The minimum atomic E-state index is -3.62. The van der Waals surface area contributed by atoms with Gasteiger partial charge in [-0.2, -0.15) is 4.98 Å². The zero-order valence-electron chi connectivity index (χ0n) is 16.0. The molecule has 3 heterocycles. The fraction of sp³-hybridized carbons (Fsp3) is 0.316. The third-order valence-corrected chi connectivity index (χ3v) is 9.29. The molecule has 1 atom stereocenters. The van der Waals surface area contributed by atoms with Gasteiger partial charge in [-0.05, 0) is 38.5 Å². The van der Waals surface area contributed by atoms with E-state index in [1.165, 1.54) is 26.3 Å². The number of hydrogen-bond acceptors (Lipinski definition) is 8. The fourth-order valence-corrected chi connectivity index (χ4v) is 6.13. The third-order valence-electron chi connectivity index (χ3n) is 5.18. The molecule has 4 rings (SSSR count). The minimum absolute atomic E-state index is 0.0142. The summed E-state index contributed by atoms with van der Waals surface area (Å²) in [5.74, 6) is -0.411. The zero-order valence-corrected chi connectivity index (χ0v) is 17.6. The summed E-state index contributed by atoms with van der Waals surface area (Å²) in [6.07, 6.45) is 1.24. The minimum Gasteiger partial charge on any atom is -0.386 e. The van der Waals surface area contributed by atoms with Gasteiger partial charge >= 0.3 is 0 Å². The van der Waals surface area contributed by atoms with Crippen molar-refractivity contribution in [3.8, 4) is 21.8 Å². The normalized spacial score (nSPS) is 23.0. The highest BCUT2D eigenvalue weighted by Crippen LogP contribution is 2.43. The summed E-state index contributed by atoms with van der Waals surface area (Å²) in [4.78, 5) is 9.31. The van der Waals surface area contributed by atoms with E-state index in [1.807, 2.05) is 24.3 Å². The molecule has 3 aromatic rings. The van der Waals surface area contributed by atoms with Gasteiger partial charge in [0, 0.05) is 10.4 Å². The molecule has 2 N–H and O–H groups in total. The smallest absolute Gasteiger partial charge is 0.214 e. The molecule has 0 bridgehead atoms. The molecule has 1 aromatic carbocycles. The molecule has 0 saturated carbocycles. The van der Waals surface area contributed by atoms with Crippen LogP contribution in [-0.2, 0) is 15.4 Å². The molecular weight excluding hydrogens is 415 g/mol. The molecule has 1 unspecified atom stereocenters. The van der Waals surface area contributed by atoms with E-state index in [1.54, 1.807) is 6.92 Å². The first kappa shape index (κ1) is 19.7. The van der Waals surface area contributed by atoms with Crippen LogP contribution in [0.4, 0.5) is 4.39 Å². The van der Waals surface area contributed by atoms with Crippen molar-refractivity contribution < 1.29 is 17.3 Å². The van der Waals surface area contributed by atoms with Crippen LogP contribution in [0.25, 0.3) is 21.8 Å². The number of thiophene rings is 1. The molecule has 0 amide bonds. The van der Waals surface area contributed by atoms with E-state index in [2.05, 4.69) is 15.1 Å². The highest BCUT2D eigenvalue weighted by atomic mass is 32.2. The van der Waals surface area contributed by atoms with E-state index in [0.717, 1.165) is 22.5 Å². The molecule has 7 nitrogen and oxygen atoms in total. The number of halogens is 1. The highest BCUT2D eigenvalue weighted by Gasteiger charge is 2.50. The molecule has 152 valence electrons. The average Bonchev–Trinajstić information content (AvgIpc) is 3.30. The Balaban J connectivity index is 1.78. The maximum Gasteiger partial charge on any atom is 0.214 e. The second-order valence-electron chi connectivity index (χ2n) is 7.66. The van der Waals surface area contributed by atoms with Gasteiger partial charge in [-0.3, -0.25) is 4.99 Å². The predicted molar refractivity (Wildman–Crippen MR) is 110 cm³/mol. The molecule has 0 spiro atoms. The van der Waals surface area contributed by atoms with Crippen LogP contribution in [0.3, 0.4) is 0 Å². The standard InChI is InChI=1S/C19H19FN4O3S2/c1-18(2)17(21)23-19(3,9-29(18,25)26)15-13(20)8-14(28-15)11-5-4-6-12(7-11)16-22-10-27-24-16/h4-8,10H,9H2,1-3H3,(H2,21,23). The first-order valence-corrected chi connectivity index (χ1v) is 11.3. The fourth-order valence-electron chi connectivity index (χ4n) is 3.25. The predicted octanol–water partition coefficient (Wildman–Crippen LogP) is 3.38. The lowest BCUT2D eigenvalue weighted by atomic mass is 10.0. The van der Waals surface area contributed by atoms with Crippen molar-refractivity contribution in [2.45, 2.75) is 31.1 Å². The Morgan fingerprint density at radius 3 is 2.59 bits per heavy atom. The van der Waals surface area contributed by atoms with Crippen molar-refractivity contribution in [2.24, 2.45) is 10.7 Å². The van der Waals surface area contributed by atoms with Crippen LogP contribution in [0, 0.1) is 5.82 Å². The molecule has 2 aromatic heterocycles. The Morgan fingerprint density at radius 2 is 1.93 bits per heavy atom. The number of nitrogens with two attached hydrogens (primary N) is 1. The highest BCUT2D eigenvalue weighted by molar-refractivity contribution is 7.93. The topological polar surface area (TPSA) is 111 Å². The molecule has 1 aliphatic rings. The lowest BCUT2D eigenvalue weighted by Crippen LogP contribution is -2.54. The van der Waals surface area contributed by atoms with E-state index < -0.39 is 25.9 Å². The van der Waals surface area contributed by atoms with Gasteiger partial charge in [-0.1, -0.05) is 23.4 Å². The number of aromatic nitrogens is 2. The van der Waals surface area contributed by atoms with E-state index in [-0.39, 0.29) is 16.5 Å². The Bertz CT molecular complexity index is 1220. The number of nitrogens with zero attached hydrogens (tertiary/aromatic N) is 3. The summed E-state index contributed by atoms with van der Waals surface area (Å²) < 4.78 is 44.0. The Morgan fingerprint density at radius 1 is 1.21 bits per heavy atom. The van der Waals surface area contributed by atoms with Crippen molar-refractivity contribution in [3.05, 3.63) is 47.4 Å². The van der Waals surface area contributed by atoms with Crippen LogP contribution in [0.1, 0.15) is 25.6 Å². The summed E-state index contributed by atoms with van der Waals surface area (Å²) in [6, 6.07) is 8.67. The summed E-state index contributed by atoms with van der Waals surface area (Å²) in [7, 11) is -3.62. The summed E-state index contributed by atoms with van der Waals surface area (Å²) in [5.41, 5.74) is 6.17. The number of amidine groups is 1. The molecule has 10 heteroatoms. The van der Waals surface area contributed by atoms with Gasteiger partial charge in [0.1, 0.15) is 21.9 Å². The van der Waals surface area contributed by atoms with E-state index >= 15 is 0 Å². The zero-order chi connectivity index (χ0) is 21.0. The van der Waals surface area contributed by atoms with Crippen LogP contribution >= 0.6 is 11.3 Å².